The number of hydrogen-bond acceptors (Lipinski definition) is 7. The van der Waals surface area contributed by atoms with Gasteiger partial charge in [0.1, 0.15) is 11.7 Å². The van der Waals surface area contributed by atoms with E-state index in [1.807, 2.05) is 13.0 Å². The lowest BCUT2D eigenvalue weighted by Crippen LogP contribution is -2.20. The second-order valence-corrected chi connectivity index (χ2v) is 8.66. The fraction of sp³-hybridized carbons (Fsp3) is 0.111. The van der Waals surface area contributed by atoms with Crippen molar-refractivity contribution < 1.29 is 13.9 Å². The highest BCUT2D eigenvalue weighted by molar-refractivity contribution is 6.32. The van der Waals surface area contributed by atoms with E-state index in [4.69, 9.17) is 42.4 Å². The molecule has 0 saturated carbocycles. The molecule has 0 aliphatic heterocycles. The van der Waals surface area contributed by atoms with Crippen molar-refractivity contribution in [3.05, 3.63) is 86.6 Å². The van der Waals surface area contributed by atoms with Crippen LogP contribution in [0, 0.1) is 11.3 Å². The summed E-state index contributed by atoms with van der Waals surface area (Å²) in [5.41, 5.74) is 1.27. The average Bonchev–Trinajstić information content (AvgIpc) is 3.31. The molecule has 37 heavy (non-hydrogen) atoms. The summed E-state index contributed by atoms with van der Waals surface area (Å²) in [7, 11) is 0. The summed E-state index contributed by atoms with van der Waals surface area (Å²) >= 11 is 12.5. The summed E-state index contributed by atoms with van der Waals surface area (Å²) in [4.78, 5) is 18.1. The molecule has 0 aliphatic carbocycles. The fourth-order valence-corrected chi connectivity index (χ4v) is 4.26. The van der Waals surface area contributed by atoms with Crippen LogP contribution in [0.5, 0.6) is 11.5 Å². The van der Waals surface area contributed by atoms with Crippen LogP contribution in [-0.4, -0.2) is 29.1 Å². The molecule has 3 aromatic carbocycles. The van der Waals surface area contributed by atoms with Gasteiger partial charge in [0.05, 0.1) is 28.7 Å². The fourth-order valence-electron chi connectivity index (χ4n) is 3.81. The van der Waals surface area contributed by atoms with Crippen molar-refractivity contribution in [2.75, 3.05) is 13.2 Å². The first-order valence-corrected chi connectivity index (χ1v) is 12.0. The number of aromatic nitrogens is 2. The third kappa shape index (κ3) is 4.87. The maximum Gasteiger partial charge on any atom is 0.282 e. The number of ether oxygens (including phenoxy) is 2. The second kappa shape index (κ2) is 10.3. The highest BCUT2D eigenvalue weighted by Gasteiger charge is 2.17. The van der Waals surface area contributed by atoms with Gasteiger partial charge in [-0.2, -0.15) is 15.0 Å². The quantitative estimate of drug-likeness (QED) is 0.228. The minimum atomic E-state index is -0.375. The van der Waals surface area contributed by atoms with E-state index in [1.165, 1.54) is 10.9 Å². The van der Waals surface area contributed by atoms with Gasteiger partial charge in [-0.1, -0.05) is 35.3 Å². The van der Waals surface area contributed by atoms with Gasteiger partial charge in [0.15, 0.2) is 23.9 Å². The van der Waals surface area contributed by atoms with Crippen LogP contribution in [-0.2, 0) is 0 Å². The van der Waals surface area contributed by atoms with Gasteiger partial charge in [-0.15, -0.1) is 0 Å². The van der Waals surface area contributed by atoms with E-state index in [1.54, 1.807) is 60.7 Å². The summed E-state index contributed by atoms with van der Waals surface area (Å²) in [5, 5.41) is 15.3. The van der Waals surface area contributed by atoms with Gasteiger partial charge in [0.25, 0.3) is 5.56 Å². The molecule has 2 aromatic heterocycles. The monoisotopic (exact) mass is 532 g/mol. The second-order valence-electron chi connectivity index (χ2n) is 7.82. The van der Waals surface area contributed by atoms with E-state index in [-0.39, 0.29) is 28.8 Å². The highest BCUT2D eigenvalue weighted by Crippen LogP contribution is 2.36. The van der Waals surface area contributed by atoms with Crippen LogP contribution < -0.4 is 15.0 Å². The molecule has 5 rings (SSSR count). The smallest absolute Gasteiger partial charge is 0.282 e. The van der Waals surface area contributed by atoms with Crippen molar-refractivity contribution in [3.63, 3.8) is 0 Å². The number of halogens is 2. The molecule has 0 unspecified atom stereocenters. The topological polar surface area (TPSA) is 103 Å². The molecule has 8 nitrogen and oxygen atoms in total. The molecule has 0 radical (unpaired) electrons. The largest absolute Gasteiger partial charge is 0.490 e. The Labute approximate surface area is 220 Å². The maximum absolute atomic E-state index is 13.5. The lowest BCUT2D eigenvalue weighted by atomic mass is 10.2. The standard InChI is InChI=1S/C27H18Cl2N4O4/c1-2-35-23-12-16(11-20(29)25(23)36-10-9-30)15-31-33-26(32-21-6-4-3-5-19(21)27(33)34)24-14-17-13-18(28)7-8-22(17)37-24/h3-8,11-15H,2,10H2,1H3. The summed E-state index contributed by atoms with van der Waals surface area (Å²) in [6.45, 7) is 1.99. The molecule has 2 heterocycles. The lowest BCUT2D eigenvalue weighted by molar-refractivity contribution is 0.299. The van der Waals surface area contributed by atoms with E-state index in [9.17, 15) is 4.79 Å². The van der Waals surface area contributed by atoms with Gasteiger partial charge in [-0.25, -0.2) is 4.98 Å². The first-order valence-electron chi connectivity index (χ1n) is 11.2. The van der Waals surface area contributed by atoms with E-state index in [0.717, 1.165) is 5.39 Å². The Morgan fingerprint density at radius 3 is 2.78 bits per heavy atom. The summed E-state index contributed by atoms with van der Waals surface area (Å²) in [5.74, 6) is 1.18. The molecule has 0 saturated heterocycles. The van der Waals surface area contributed by atoms with Gasteiger partial charge >= 0.3 is 0 Å². The number of rotatable bonds is 7. The zero-order valence-electron chi connectivity index (χ0n) is 19.4. The molecule has 10 heteroatoms. The molecule has 0 spiro atoms. The van der Waals surface area contributed by atoms with Crippen molar-refractivity contribution >= 4 is 51.3 Å². The van der Waals surface area contributed by atoms with E-state index in [2.05, 4.69) is 10.1 Å². The maximum atomic E-state index is 13.5. The summed E-state index contributed by atoms with van der Waals surface area (Å²) < 4.78 is 18.2. The third-order valence-electron chi connectivity index (χ3n) is 5.39. The lowest BCUT2D eigenvalue weighted by Gasteiger charge is -2.12. The van der Waals surface area contributed by atoms with E-state index in [0.29, 0.717) is 45.2 Å². The Hall–Kier alpha value is -4.32. The van der Waals surface area contributed by atoms with Crippen LogP contribution in [0.4, 0.5) is 0 Å². The van der Waals surface area contributed by atoms with Crippen molar-refractivity contribution in [1.29, 1.82) is 5.26 Å². The molecule has 0 bridgehead atoms. The Morgan fingerprint density at radius 1 is 1.14 bits per heavy atom. The molecular weight excluding hydrogens is 515 g/mol. The normalized spacial score (nSPS) is 11.3. The van der Waals surface area contributed by atoms with Gasteiger partial charge in [-0.05, 0) is 61.0 Å². The molecule has 0 atom stereocenters. The summed E-state index contributed by atoms with van der Waals surface area (Å²) in [6, 6.07) is 19.2. The number of nitrogens with zero attached hydrogens (tertiary/aromatic N) is 4. The van der Waals surface area contributed by atoms with Crippen LogP contribution >= 0.6 is 23.2 Å². The Morgan fingerprint density at radius 2 is 1.97 bits per heavy atom. The Bertz CT molecular complexity index is 1770. The molecule has 0 amide bonds. The van der Waals surface area contributed by atoms with Crippen LogP contribution in [0.25, 0.3) is 33.5 Å². The molecule has 184 valence electrons. The number of nitriles is 1. The zero-order valence-corrected chi connectivity index (χ0v) is 21.0. The molecule has 0 fully saturated rings. The summed E-state index contributed by atoms with van der Waals surface area (Å²) in [6.07, 6.45) is 1.46. The third-order valence-corrected chi connectivity index (χ3v) is 5.90. The minimum absolute atomic E-state index is 0.183. The van der Waals surface area contributed by atoms with Crippen LogP contribution in [0.1, 0.15) is 12.5 Å². The zero-order chi connectivity index (χ0) is 25.9. The number of benzene rings is 3. The van der Waals surface area contributed by atoms with Gasteiger partial charge in [-0.3, -0.25) is 4.79 Å². The number of fused-ring (bicyclic) bond motifs is 2. The number of furan rings is 1. The average molecular weight is 533 g/mol. The van der Waals surface area contributed by atoms with Crippen LogP contribution in [0.3, 0.4) is 0 Å². The predicted octanol–water partition coefficient (Wildman–Crippen LogP) is 6.30. The van der Waals surface area contributed by atoms with Crippen molar-refractivity contribution in [3.8, 4) is 29.2 Å². The van der Waals surface area contributed by atoms with Crippen molar-refractivity contribution in [1.82, 2.24) is 9.66 Å². The van der Waals surface area contributed by atoms with Gasteiger partial charge in [0.2, 0.25) is 5.82 Å². The van der Waals surface area contributed by atoms with Crippen molar-refractivity contribution in [2.24, 2.45) is 5.10 Å². The van der Waals surface area contributed by atoms with Crippen LogP contribution in [0.2, 0.25) is 10.0 Å². The molecule has 0 aliphatic rings. The molecule has 5 aromatic rings. The van der Waals surface area contributed by atoms with E-state index < -0.39 is 0 Å². The number of hydrogen-bond donors (Lipinski definition) is 0. The molecule has 0 N–H and O–H groups in total. The predicted molar refractivity (Wildman–Crippen MR) is 143 cm³/mol. The van der Waals surface area contributed by atoms with Gasteiger partial charge < -0.3 is 13.9 Å². The minimum Gasteiger partial charge on any atom is -0.490 e. The molecular formula is C27H18Cl2N4O4. The Kier molecular flexibility index (Phi) is 6.82. The highest BCUT2D eigenvalue weighted by atomic mass is 35.5. The number of para-hydroxylation sites is 1. The van der Waals surface area contributed by atoms with Crippen molar-refractivity contribution in [2.45, 2.75) is 6.92 Å². The van der Waals surface area contributed by atoms with Crippen LogP contribution in [0.15, 0.2) is 75.0 Å². The van der Waals surface area contributed by atoms with Gasteiger partial charge in [0, 0.05) is 10.4 Å². The van der Waals surface area contributed by atoms with E-state index >= 15 is 0 Å². The Balaban J connectivity index is 1.65. The first-order chi connectivity index (χ1) is 18.0. The first kappa shape index (κ1) is 24.4. The SMILES string of the molecule is CCOc1cc(C=Nn2c(-c3cc4cc(Cl)ccc4o3)nc3ccccc3c2=O)cc(Cl)c1OCC#N.